The third-order valence-corrected chi connectivity index (χ3v) is 3.79. The number of fused-ring (bicyclic) bond motifs is 1. The van der Waals surface area contributed by atoms with Gasteiger partial charge in [-0.15, -0.1) is 0 Å². The maximum atomic E-state index is 11.5. The first kappa shape index (κ1) is 13.8. The Kier molecular flexibility index (Phi) is 3.70. The number of hydrogen-bond donors (Lipinski definition) is 0. The van der Waals surface area contributed by atoms with Gasteiger partial charge >= 0.3 is 5.63 Å². The fourth-order valence-corrected chi connectivity index (χ4v) is 2.72. The topological polar surface area (TPSA) is 65.2 Å². The van der Waals surface area contributed by atoms with Crippen LogP contribution in [0.4, 0.5) is 0 Å². The number of aryl methyl sites for hydroxylation is 2. The first-order valence-electron chi connectivity index (χ1n) is 6.76. The van der Waals surface area contributed by atoms with Crippen LogP contribution in [0.15, 0.2) is 33.5 Å². The zero-order valence-electron chi connectivity index (χ0n) is 11.8. The highest BCUT2D eigenvalue weighted by atomic mass is 32.1. The molecule has 108 valence electrons. The highest BCUT2D eigenvalue weighted by Gasteiger charge is 2.08. The maximum absolute atomic E-state index is 11.5. The molecule has 3 rings (SSSR count). The Morgan fingerprint density at radius 2 is 2.10 bits per heavy atom. The highest BCUT2D eigenvalue weighted by Crippen LogP contribution is 2.27. The number of aromatic nitrogens is 2. The molecule has 0 N–H and O–H groups in total. The molecule has 0 aliphatic rings. The van der Waals surface area contributed by atoms with Crippen molar-refractivity contribution in [2.45, 2.75) is 26.7 Å². The second kappa shape index (κ2) is 5.65. The highest BCUT2D eigenvalue weighted by molar-refractivity contribution is 7.07. The van der Waals surface area contributed by atoms with Gasteiger partial charge < -0.3 is 9.15 Å². The summed E-state index contributed by atoms with van der Waals surface area (Å²) in [5.74, 6) is 1.34. The molecule has 5 nitrogen and oxygen atoms in total. The molecule has 3 aromatic rings. The normalized spacial score (nSPS) is 11.0. The molecule has 0 unspecified atom stereocenters. The molecule has 6 heteroatoms. The molecule has 0 saturated heterocycles. The summed E-state index contributed by atoms with van der Waals surface area (Å²) in [6.07, 6.45) is 1.55. The van der Waals surface area contributed by atoms with E-state index in [0.717, 1.165) is 29.6 Å². The molecule has 0 bridgehead atoms. The van der Waals surface area contributed by atoms with Crippen LogP contribution < -0.4 is 10.4 Å². The molecule has 2 aromatic heterocycles. The number of rotatable bonds is 4. The first-order chi connectivity index (χ1) is 10.2. The lowest BCUT2D eigenvalue weighted by Crippen LogP contribution is -1.99. The van der Waals surface area contributed by atoms with Gasteiger partial charge in [0.25, 0.3) is 5.19 Å². The molecule has 0 spiro atoms. The summed E-state index contributed by atoms with van der Waals surface area (Å²) in [5.41, 5.74) is 1.15. The van der Waals surface area contributed by atoms with E-state index in [4.69, 9.17) is 9.15 Å². The number of nitrogens with zero attached hydrogens (tertiary/aromatic N) is 2. The Morgan fingerprint density at radius 1 is 1.24 bits per heavy atom. The van der Waals surface area contributed by atoms with E-state index in [9.17, 15) is 4.79 Å². The quantitative estimate of drug-likeness (QED) is 0.689. The number of benzene rings is 1. The van der Waals surface area contributed by atoms with Crippen molar-refractivity contribution in [2.24, 2.45) is 0 Å². The van der Waals surface area contributed by atoms with Gasteiger partial charge in [-0.1, -0.05) is 13.8 Å². The van der Waals surface area contributed by atoms with E-state index in [1.54, 1.807) is 6.07 Å². The van der Waals surface area contributed by atoms with Crippen molar-refractivity contribution in [1.29, 1.82) is 0 Å². The van der Waals surface area contributed by atoms with Crippen LogP contribution in [-0.4, -0.2) is 9.36 Å². The Hall–Kier alpha value is -2.21. The van der Waals surface area contributed by atoms with Crippen LogP contribution in [0.25, 0.3) is 11.0 Å². The standard InChI is InChI=1S/C15H14N2O3S/c1-3-9-7-14(18)20-12-8-10(5-6-11(9)12)19-15-16-13(4-2)17-21-15/h5-8H,3-4H2,1-2H3. The third kappa shape index (κ3) is 2.80. The first-order valence-corrected chi connectivity index (χ1v) is 7.54. The fourth-order valence-electron chi connectivity index (χ4n) is 2.09. The predicted molar refractivity (Wildman–Crippen MR) is 81.2 cm³/mol. The molecule has 0 fully saturated rings. The summed E-state index contributed by atoms with van der Waals surface area (Å²) >= 11 is 1.21. The van der Waals surface area contributed by atoms with Crippen molar-refractivity contribution in [3.8, 4) is 10.9 Å². The molecule has 0 aliphatic carbocycles. The third-order valence-electron chi connectivity index (χ3n) is 3.15. The minimum absolute atomic E-state index is 0.347. The van der Waals surface area contributed by atoms with Crippen molar-refractivity contribution in [1.82, 2.24) is 9.36 Å². The Balaban J connectivity index is 1.98. The summed E-state index contributed by atoms with van der Waals surface area (Å²) in [4.78, 5) is 15.8. The van der Waals surface area contributed by atoms with E-state index in [-0.39, 0.29) is 5.63 Å². The van der Waals surface area contributed by atoms with Crippen LogP contribution in [0.2, 0.25) is 0 Å². The van der Waals surface area contributed by atoms with Crippen LogP contribution >= 0.6 is 11.5 Å². The van der Waals surface area contributed by atoms with Gasteiger partial charge in [0.15, 0.2) is 0 Å². The minimum Gasteiger partial charge on any atom is -0.430 e. The predicted octanol–water partition coefficient (Wildman–Crippen LogP) is 3.56. The molecule has 0 atom stereocenters. The molecule has 0 saturated carbocycles. The van der Waals surface area contributed by atoms with E-state index in [0.29, 0.717) is 16.5 Å². The Bertz CT molecular complexity index is 838. The van der Waals surface area contributed by atoms with E-state index >= 15 is 0 Å². The molecule has 0 amide bonds. The van der Waals surface area contributed by atoms with Gasteiger partial charge in [0.2, 0.25) is 0 Å². The maximum Gasteiger partial charge on any atom is 0.336 e. The van der Waals surface area contributed by atoms with Crippen LogP contribution in [0.5, 0.6) is 10.9 Å². The number of ether oxygens (including phenoxy) is 1. The summed E-state index contributed by atoms with van der Waals surface area (Å²) in [7, 11) is 0. The van der Waals surface area contributed by atoms with E-state index in [1.807, 2.05) is 26.0 Å². The van der Waals surface area contributed by atoms with Gasteiger partial charge in [-0.05, 0) is 24.1 Å². The van der Waals surface area contributed by atoms with E-state index in [1.165, 1.54) is 17.6 Å². The van der Waals surface area contributed by atoms with Crippen molar-refractivity contribution in [3.05, 3.63) is 46.1 Å². The molecule has 21 heavy (non-hydrogen) atoms. The fraction of sp³-hybridized carbons (Fsp3) is 0.267. The average molecular weight is 302 g/mol. The minimum atomic E-state index is -0.347. The molecule has 0 aliphatic heterocycles. The zero-order valence-corrected chi connectivity index (χ0v) is 12.6. The Labute approximate surface area is 125 Å². The summed E-state index contributed by atoms with van der Waals surface area (Å²) in [5, 5.41) is 1.41. The van der Waals surface area contributed by atoms with Crippen molar-refractivity contribution < 1.29 is 9.15 Å². The van der Waals surface area contributed by atoms with Crippen molar-refractivity contribution >= 4 is 22.5 Å². The van der Waals surface area contributed by atoms with Crippen molar-refractivity contribution in [3.63, 3.8) is 0 Å². The largest absolute Gasteiger partial charge is 0.430 e. The zero-order chi connectivity index (χ0) is 14.8. The van der Waals surface area contributed by atoms with Crippen LogP contribution in [0, 0.1) is 0 Å². The van der Waals surface area contributed by atoms with Gasteiger partial charge in [-0.3, -0.25) is 0 Å². The number of hydrogen-bond acceptors (Lipinski definition) is 6. The average Bonchev–Trinajstić information content (AvgIpc) is 2.93. The van der Waals surface area contributed by atoms with Crippen LogP contribution in [0.1, 0.15) is 25.2 Å². The molecule has 0 radical (unpaired) electrons. The van der Waals surface area contributed by atoms with Gasteiger partial charge in [0.1, 0.15) is 17.2 Å². The van der Waals surface area contributed by atoms with Gasteiger partial charge in [0, 0.05) is 35.5 Å². The SMILES string of the molecule is CCc1nsc(Oc2ccc3c(CC)cc(=O)oc3c2)n1. The molecule has 1 aromatic carbocycles. The Morgan fingerprint density at radius 3 is 2.81 bits per heavy atom. The lowest BCUT2D eigenvalue weighted by atomic mass is 10.1. The van der Waals surface area contributed by atoms with Crippen LogP contribution in [-0.2, 0) is 12.8 Å². The van der Waals surface area contributed by atoms with Gasteiger partial charge in [-0.25, -0.2) is 4.79 Å². The van der Waals surface area contributed by atoms with Crippen LogP contribution in [0.3, 0.4) is 0 Å². The molecule has 2 heterocycles. The lowest BCUT2D eigenvalue weighted by Gasteiger charge is -2.05. The molecular weight excluding hydrogens is 288 g/mol. The van der Waals surface area contributed by atoms with Gasteiger partial charge in [-0.2, -0.15) is 9.36 Å². The van der Waals surface area contributed by atoms with Gasteiger partial charge in [0.05, 0.1) is 0 Å². The molecular formula is C15H14N2O3S. The second-order valence-corrected chi connectivity index (χ2v) is 5.25. The summed E-state index contributed by atoms with van der Waals surface area (Å²) in [6.45, 7) is 3.99. The van der Waals surface area contributed by atoms with E-state index in [2.05, 4.69) is 9.36 Å². The monoisotopic (exact) mass is 302 g/mol. The second-order valence-electron chi connectivity index (χ2n) is 4.53. The van der Waals surface area contributed by atoms with Crippen molar-refractivity contribution in [2.75, 3.05) is 0 Å². The summed E-state index contributed by atoms with van der Waals surface area (Å²) < 4.78 is 15.1. The van der Waals surface area contributed by atoms with E-state index < -0.39 is 0 Å². The lowest BCUT2D eigenvalue weighted by molar-refractivity contribution is 0.475. The smallest absolute Gasteiger partial charge is 0.336 e. The summed E-state index contributed by atoms with van der Waals surface area (Å²) in [6, 6.07) is 6.98.